The van der Waals surface area contributed by atoms with Gasteiger partial charge in [0.05, 0.1) is 39.5 Å². The molecule has 140 valence electrons. The van der Waals surface area contributed by atoms with E-state index in [0.717, 1.165) is 26.6 Å². The molecule has 0 saturated heterocycles. The third-order valence-electron chi connectivity index (χ3n) is 4.41. The third-order valence-corrected chi connectivity index (χ3v) is 5.15. The molecule has 1 aromatic heterocycles. The van der Waals surface area contributed by atoms with E-state index in [1.807, 2.05) is 24.3 Å². The summed E-state index contributed by atoms with van der Waals surface area (Å²) in [5.41, 5.74) is 3.16. The van der Waals surface area contributed by atoms with Gasteiger partial charge in [-0.25, -0.2) is 0 Å². The van der Waals surface area contributed by atoms with Gasteiger partial charge in [-0.05, 0) is 23.8 Å². The fraction of sp³-hybridized carbons (Fsp3) is 0.250. The molecule has 27 heavy (non-hydrogen) atoms. The minimum atomic E-state index is 0.517. The molecule has 0 amide bonds. The maximum absolute atomic E-state index is 9.73. The van der Waals surface area contributed by atoms with Crippen LogP contribution in [0.5, 0.6) is 23.0 Å². The maximum Gasteiger partial charge on any atom is 0.162 e. The summed E-state index contributed by atoms with van der Waals surface area (Å²) >= 11 is 3.57. The zero-order chi connectivity index (χ0) is 19.6. The molecule has 1 heterocycles. The van der Waals surface area contributed by atoms with Gasteiger partial charge in [-0.2, -0.15) is 5.26 Å². The number of nitrogens with zero attached hydrogens (tertiary/aromatic N) is 1. The number of hydrogen-bond donors (Lipinski definition) is 1. The Morgan fingerprint density at radius 1 is 0.889 bits per heavy atom. The van der Waals surface area contributed by atoms with Crippen LogP contribution in [-0.4, -0.2) is 33.4 Å². The number of aromatic nitrogens is 1. The Labute approximate surface area is 165 Å². The van der Waals surface area contributed by atoms with E-state index in [1.54, 1.807) is 28.4 Å². The molecule has 7 heteroatoms. The summed E-state index contributed by atoms with van der Waals surface area (Å²) in [7, 11) is 6.34. The lowest BCUT2D eigenvalue weighted by Crippen LogP contribution is -1.97. The number of halogens is 1. The standard InChI is InChI=1S/C20H19BrN2O4/c1-24-17-6-11(14(21)8-19(17)26-3)5-15-13(10-22)12-7-18(25-2)20(27-4)9-16(12)23-15/h6-9,23H,5H2,1-4H3. The second-order valence-corrected chi connectivity index (χ2v) is 6.67. The smallest absolute Gasteiger partial charge is 0.162 e. The lowest BCUT2D eigenvalue weighted by atomic mass is 10.0. The number of hydrogen-bond acceptors (Lipinski definition) is 5. The predicted octanol–water partition coefficient (Wildman–Crippen LogP) is 4.43. The average molecular weight is 431 g/mol. The quantitative estimate of drug-likeness (QED) is 0.625. The molecular weight excluding hydrogens is 412 g/mol. The molecule has 3 rings (SSSR count). The fourth-order valence-electron chi connectivity index (χ4n) is 3.06. The molecule has 0 spiro atoms. The highest BCUT2D eigenvalue weighted by atomic mass is 79.9. The van der Waals surface area contributed by atoms with Crippen LogP contribution < -0.4 is 18.9 Å². The number of rotatable bonds is 6. The third kappa shape index (κ3) is 3.40. The molecule has 0 aliphatic rings. The molecule has 6 nitrogen and oxygen atoms in total. The highest BCUT2D eigenvalue weighted by Crippen LogP contribution is 2.37. The van der Waals surface area contributed by atoms with Crippen molar-refractivity contribution in [1.29, 1.82) is 5.26 Å². The molecular formula is C20H19BrN2O4. The van der Waals surface area contributed by atoms with Crippen molar-refractivity contribution in [2.45, 2.75) is 6.42 Å². The highest BCUT2D eigenvalue weighted by molar-refractivity contribution is 9.10. The number of nitriles is 1. The van der Waals surface area contributed by atoms with E-state index in [4.69, 9.17) is 18.9 Å². The SMILES string of the molecule is COc1cc(Br)c(Cc2[nH]c3cc(OC)c(OC)cc3c2C#N)cc1OC. The van der Waals surface area contributed by atoms with E-state index in [1.165, 1.54) is 0 Å². The van der Waals surface area contributed by atoms with Crippen LogP contribution in [0.25, 0.3) is 10.9 Å². The first kappa shape index (κ1) is 18.9. The van der Waals surface area contributed by atoms with Crippen molar-refractivity contribution in [3.05, 3.63) is 45.6 Å². The van der Waals surface area contributed by atoms with E-state index >= 15 is 0 Å². The molecule has 0 fully saturated rings. The largest absolute Gasteiger partial charge is 0.493 e. The zero-order valence-corrected chi connectivity index (χ0v) is 17.1. The first-order valence-electron chi connectivity index (χ1n) is 8.13. The van der Waals surface area contributed by atoms with Crippen molar-refractivity contribution < 1.29 is 18.9 Å². The molecule has 0 aliphatic heterocycles. The van der Waals surface area contributed by atoms with Crippen molar-refractivity contribution in [2.75, 3.05) is 28.4 Å². The van der Waals surface area contributed by atoms with Crippen LogP contribution in [0.4, 0.5) is 0 Å². The lowest BCUT2D eigenvalue weighted by molar-refractivity contribution is 0.354. The normalized spacial score (nSPS) is 10.5. The van der Waals surface area contributed by atoms with Crippen LogP contribution in [0.1, 0.15) is 16.8 Å². The first-order valence-corrected chi connectivity index (χ1v) is 8.92. The molecule has 0 radical (unpaired) electrons. The Bertz CT molecular complexity index is 1040. The Balaban J connectivity index is 2.11. The number of benzene rings is 2. The Hall–Kier alpha value is -2.85. The van der Waals surface area contributed by atoms with Gasteiger partial charge in [-0.3, -0.25) is 0 Å². The second-order valence-electron chi connectivity index (χ2n) is 5.82. The number of ether oxygens (including phenoxy) is 4. The molecule has 3 aromatic rings. The topological polar surface area (TPSA) is 76.5 Å². The first-order chi connectivity index (χ1) is 13.1. The minimum absolute atomic E-state index is 0.517. The molecule has 0 aliphatic carbocycles. The average Bonchev–Trinajstić information content (AvgIpc) is 3.03. The van der Waals surface area contributed by atoms with Crippen molar-refractivity contribution >= 4 is 26.8 Å². The van der Waals surface area contributed by atoms with Crippen molar-refractivity contribution in [3.8, 4) is 29.1 Å². The van der Waals surface area contributed by atoms with Crippen molar-refractivity contribution in [3.63, 3.8) is 0 Å². The van der Waals surface area contributed by atoms with E-state index in [9.17, 15) is 5.26 Å². The van der Waals surface area contributed by atoms with Crippen molar-refractivity contribution in [1.82, 2.24) is 4.98 Å². The van der Waals surface area contributed by atoms with Gasteiger partial charge in [0.15, 0.2) is 23.0 Å². The van der Waals surface area contributed by atoms with Crippen LogP contribution >= 0.6 is 15.9 Å². The summed E-state index contributed by atoms with van der Waals surface area (Å²) in [6.45, 7) is 0. The van der Waals surface area contributed by atoms with Gasteiger partial charge in [0.1, 0.15) is 6.07 Å². The number of aromatic amines is 1. The van der Waals surface area contributed by atoms with Crippen LogP contribution in [0.15, 0.2) is 28.7 Å². The Morgan fingerprint density at radius 3 is 2.04 bits per heavy atom. The summed E-state index contributed by atoms with van der Waals surface area (Å²) < 4.78 is 22.3. The molecule has 0 saturated carbocycles. The molecule has 1 N–H and O–H groups in total. The van der Waals surface area contributed by atoms with Crippen LogP contribution in [-0.2, 0) is 6.42 Å². The number of methoxy groups -OCH3 is 4. The van der Waals surface area contributed by atoms with Gasteiger partial charge in [-0.1, -0.05) is 15.9 Å². The molecule has 2 aromatic carbocycles. The van der Waals surface area contributed by atoms with E-state index in [0.29, 0.717) is 35.0 Å². The Morgan fingerprint density at radius 2 is 1.44 bits per heavy atom. The minimum Gasteiger partial charge on any atom is -0.493 e. The van der Waals surface area contributed by atoms with Crippen LogP contribution in [0, 0.1) is 11.3 Å². The molecule has 0 bridgehead atoms. The van der Waals surface area contributed by atoms with Gasteiger partial charge < -0.3 is 23.9 Å². The summed E-state index contributed by atoms with van der Waals surface area (Å²) in [6.07, 6.45) is 0.517. The number of H-pyrrole nitrogens is 1. The van der Waals surface area contributed by atoms with E-state index in [2.05, 4.69) is 27.0 Å². The number of nitrogens with one attached hydrogen (secondary N) is 1. The predicted molar refractivity (Wildman–Crippen MR) is 106 cm³/mol. The van der Waals surface area contributed by atoms with E-state index in [-0.39, 0.29) is 0 Å². The van der Waals surface area contributed by atoms with Crippen molar-refractivity contribution in [2.24, 2.45) is 0 Å². The van der Waals surface area contributed by atoms with Gasteiger partial charge in [-0.15, -0.1) is 0 Å². The highest BCUT2D eigenvalue weighted by Gasteiger charge is 2.18. The lowest BCUT2D eigenvalue weighted by Gasteiger charge is -2.11. The van der Waals surface area contributed by atoms with Crippen LogP contribution in [0.2, 0.25) is 0 Å². The molecule has 0 unspecified atom stereocenters. The summed E-state index contributed by atoms with van der Waals surface area (Å²) in [5, 5.41) is 10.5. The van der Waals surface area contributed by atoms with E-state index < -0.39 is 0 Å². The maximum atomic E-state index is 9.73. The Kier molecular flexibility index (Phi) is 5.47. The number of fused-ring (bicyclic) bond motifs is 1. The van der Waals surface area contributed by atoms with Gasteiger partial charge >= 0.3 is 0 Å². The van der Waals surface area contributed by atoms with Gasteiger partial charge in [0.2, 0.25) is 0 Å². The van der Waals surface area contributed by atoms with Gasteiger partial charge in [0.25, 0.3) is 0 Å². The monoisotopic (exact) mass is 430 g/mol. The fourth-order valence-corrected chi connectivity index (χ4v) is 3.52. The van der Waals surface area contributed by atoms with Crippen LogP contribution in [0.3, 0.4) is 0 Å². The second kappa shape index (κ2) is 7.80. The van der Waals surface area contributed by atoms with Gasteiger partial charge in [0, 0.05) is 28.0 Å². The zero-order valence-electron chi connectivity index (χ0n) is 15.5. The summed E-state index contributed by atoms with van der Waals surface area (Å²) in [6, 6.07) is 9.71. The summed E-state index contributed by atoms with van der Waals surface area (Å²) in [5.74, 6) is 2.46. The summed E-state index contributed by atoms with van der Waals surface area (Å²) in [4.78, 5) is 3.33. The molecule has 0 atom stereocenters.